The quantitative estimate of drug-likeness (QED) is 0.604. The van der Waals surface area contributed by atoms with Gasteiger partial charge in [-0.25, -0.2) is 0 Å². The molecule has 1 rings (SSSR count). The summed E-state index contributed by atoms with van der Waals surface area (Å²) in [5, 5.41) is 0. The van der Waals surface area contributed by atoms with Gasteiger partial charge in [0.1, 0.15) is 5.75 Å². The molecule has 0 amide bonds. The SMILES string of the molecule is CCS(=O)(=O)Oc1ccc(CC(C)C)cc1.[NaH]. The molecule has 0 N–H and O–H groups in total. The molecule has 0 unspecified atom stereocenters. The normalized spacial score (nSPS) is 11.1. The molecule has 0 bridgehead atoms. The van der Waals surface area contributed by atoms with Gasteiger partial charge in [0, 0.05) is 0 Å². The van der Waals surface area contributed by atoms with Crippen molar-refractivity contribution < 1.29 is 12.6 Å². The summed E-state index contributed by atoms with van der Waals surface area (Å²) in [6.45, 7) is 5.85. The molecule has 0 atom stereocenters. The molecule has 0 fully saturated rings. The zero-order valence-corrected chi connectivity index (χ0v) is 10.8. The fraction of sp³-hybridized carbons (Fsp3) is 0.500. The summed E-state index contributed by atoms with van der Waals surface area (Å²) >= 11 is 0. The van der Waals surface area contributed by atoms with Crippen LogP contribution in [0, 0.1) is 5.92 Å². The van der Waals surface area contributed by atoms with Crippen molar-refractivity contribution >= 4 is 39.7 Å². The van der Waals surface area contributed by atoms with Gasteiger partial charge in [-0.2, -0.15) is 8.42 Å². The van der Waals surface area contributed by atoms with E-state index in [1.807, 2.05) is 12.1 Å². The molecular weight excluding hydrogens is 247 g/mol. The summed E-state index contributed by atoms with van der Waals surface area (Å²) < 4.78 is 27.3. The van der Waals surface area contributed by atoms with Gasteiger partial charge in [0.15, 0.2) is 0 Å². The summed E-state index contributed by atoms with van der Waals surface area (Å²) in [4.78, 5) is 0. The Kier molecular flexibility index (Phi) is 7.40. The van der Waals surface area contributed by atoms with Gasteiger partial charge in [-0.3, -0.25) is 0 Å². The average molecular weight is 266 g/mol. The van der Waals surface area contributed by atoms with Gasteiger partial charge >= 0.3 is 39.7 Å². The molecule has 0 aromatic heterocycles. The van der Waals surface area contributed by atoms with Crippen LogP contribution in [0.3, 0.4) is 0 Å². The molecule has 0 spiro atoms. The van der Waals surface area contributed by atoms with Crippen LogP contribution in [-0.2, 0) is 16.5 Å². The maximum absolute atomic E-state index is 11.2. The van der Waals surface area contributed by atoms with E-state index in [0.717, 1.165) is 6.42 Å². The van der Waals surface area contributed by atoms with E-state index in [0.29, 0.717) is 11.7 Å². The summed E-state index contributed by atoms with van der Waals surface area (Å²) in [7, 11) is -3.41. The molecule has 0 aliphatic heterocycles. The molecule has 0 saturated heterocycles. The first-order chi connectivity index (χ1) is 7.43. The molecule has 0 heterocycles. The van der Waals surface area contributed by atoms with E-state index in [4.69, 9.17) is 4.18 Å². The minimum atomic E-state index is -3.41. The molecule has 5 heteroatoms. The van der Waals surface area contributed by atoms with Crippen LogP contribution in [0.2, 0.25) is 0 Å². The van der Waals surface area contributed by atoms with Gasteiger partial charge < -0.3 is 4.18 Å². The van der Waals surface area contributed by atoms with Crippen LogP contribution in [0.4, 0.5) is 0 Å². The summed E-state index contributed by atoms with van der Waals surface area (Å²) in [5.74, 6) is 0.960. The molecule has 1 aromatic carbocycles. The van der Waals surface area contributed by atoms with Gasteiger partial charge in [-0.15, -0.1) is 0 Å². The fourth-order valence-electron chi connectivity index (χ4n) is 1.36. The van der Waals surface area contributed by atoms with Crippen LogP contribution >= 0.6 is 0 Å². The minimum absolute atomic E-state index is 0. The Labute approximate surface area is 126 Å². The second kappa shape index (κ2) is 7.41. The van der Waals surface area contributed by atoms with E-state index < -0.39 is 10.1 Å². The zero-order chi connectivity index (χ0) is 12.2. The topological polar surface area (TPSA) is 43.4 Å². The third-order valence-corrected chi connectivity index (χ3v) is 3.30. The summed E-state index contributed by atoms with van der Waals surface area (Å²) in [6.07, 6.45) is 0.987. The molecule has 1 aromatic rings. The Morgan fingerprint density at radius 1 is 1.18 bits per heavy atom. The standard InChI is InChI=1S/C12H18O3S.Na.H/c1-4-16(13,14)15-12-7-5-11(6-8-12)9-10(2)3;;/h5-8,10H,4,9H2,1-3H3;;. The van der Waals surface area contributed by atoms with Crippen molar-refractivity contribution in [2.24, 2.45) is 5.92 Å². The first kappa shape index (κ1) is 17.0. The molecule has 92 valence electrons. The Morgan fingerprint density at radius 2 is 1.71 bits per heavy atom. The van der Waals surface area contributed by atoms with Crippen molar-refractivity contribution in [3.05, 3.63) is 29.8 Å². The predicted molar refractivity (Wildman–Crippen MR) is 72.2 cm³/mol. The van der Waals surface area contributed by atoms with E-state index in [1.165, 1.54) is 5.56 Å². The van der Waals surface area contributed by atoms with Gasteiger partial charge in [-0.1, -0.05) is 26.0 Å². The van der Waals surface area contributed by atoms with Gasteiger partial charge in [0.2, 0.25) is 0 Å². The van der Waals surface area contributed by atoms with Crippen LogP contribution in [0.1, 0.15) is 26.3 Å². The monoisotopic (exact) mass is 266 g/mol. The van der Waals surface area contributed by atoms with Crippen molar-refractivity contribution in [2.75, 3.05) is 5.75 Å². The van der Waals surface area contributed by atoms with Crippen LogP contribution in [0.15, 0.2) is 24.3 Å². The first-order valence-electron chi connectivity index (χ1n) is 5.44. The van der Waals surface area contributed by atoms with E-state index >= 15 is 0 Å². The van der Waals surface area contributed by atoms with Gasteiger partial charge in [0.25, 0.3) is 0 Å². The molecule has 0 aliphatic rings. The number of hydrogen-bond donors (Lipinski definition) is 0. The number of rotatable bonds is 5. The van der Waals surface area contributed by atoms with E-state index in [1.54, 1.807) is 19.1 Å². The number of benzene rings is 1. The van der Waals surface area contributed by atoms with E-state index in [9.17, 15) is 8.42 Å². The molecule has 17 heavy (non-hydrogen) atoms. The van der Waals surface area contributed by atoms with Crippen LogP contribution in [-0.4, -0.2) is 43.7 Å². The predicted octanol–water partition coefficient (Wildman–Crippen LogP) is 1.97. The molecule has 3 nitrogen and oxygen atoms in total. The first-order valence-corrected chi connectivity index (χ1v) is 7.02. The second-order valence-corrected chi connectivity index (χ2v) is 6.03. The summed E-state index contributed by atoms with van der Waals surface area (Å²) in [6, 6.07) is 7.21. The Bertz CT molecular complexity index is 424. The van der Waals surface area contributed by atoms with Crippen molar-refractivity contribution in [3.63, 3.8) is 0 Å². The van der Waals surface area contributed by atoms with Crippen molar-refractivity contribution in [1.29, 1.82) is 0 Å². The second-order valence-electron chi connectivity index (χ2n) is 4.17. The molecule has 0 saturated carbocycles. The molecule has 0 radical (unpaired) electrons. The van der Waals surface area contributed by atoms with Crippen molar-refractivity contribution in [3.8, 4) is 5.75 Å². The van der Waals surface area contributed by atoms with Crippen LogP contribution < -0.4 is 4.18 Å². The maximum atomic E-state index is 11.2. The van der Waals surface area contributed by atoms with Gasteiger partial charge in [0.05, 0.1) is 5.75 Å². The Balaban J connectivity index is 0.00000256. The zero-order valence-electron chi connectivity index (χ0n) is 9.93. The van der Waals surface area contributed by atoms with Gasteiger partial charge in [-0.05, 0) is 37.0 Å². The van der Waals surface area contributed by atoms with Crippen molar-refractivity contribution in [2.45, 2.75) is 27.2 Å². The summed E-state index contributed by atoms with van der Waals surface area (Å²) in [5.41, 5.74) is 1.19. The van der Waals surface area contributed by atoms with E-state index in [2.05, 4.69) is 13.8 Å². The Hall–Kier alpha value is -0.0300. The average Bonchev–Trinajstić information content (AvgIpc) is 2.20. The third kappa shape index (κ3) is 6.46. The van der Waals surface area contributed by atoms with Crippen LogP contribution in [0.25, 0.3) is 0 Å². The molecule has 0 aliphatic carbocycles. The number of hydrogen-bond acceptors (Lipinski definition) is 3. The molecular formula is C12H19NaO3S. The Morgan fingerprint density at radius 3 is 2.12 bits per heavy atom. The van der Waals surface area contributed by atoms with E-state index in [-0.39, 0.29) is 35.3 Å². The van der Waals surface area contributed by atoms with Crippen molar-refractivity contribution in [1.82, 2.24) is 0 Å². The van der Waals surface area contributed by atoms with Crippen LogP contribution in [0.5, 0.6) is 5.75 Å². The third-order valence-electron chi connectivity index (χ3n) is 2.14. The fourth-order valence-corrected chi connectivity index (χ4v) is 1.88.